The maximum Gasteiger partial charge on any atom is 0.278 e. The second kappa shape index (κ2) is 8.56. The summed E-state index contributed by atoms with van der Waals surface area (Å²) in [6.07, 6.45) is 0.561. The summed E-state index contributed by atoms with van der Waals surface area (Å²) in [7, 11) is 0. The zero-order valence-electron chi connectivity index (χ0n) is 17.5. The lowest BCUT2D eigenvalue weighted by Crippen LogP contribution is -2.34. The van der Waals surface area contributed by atoms with Crippen LogP contribution in [0.15, 0.2) is 78.5 Å². The molecule has 3 aromatic carbocycles. The van der Waals surface area contributed by atoms with Gasteiger partial charge in [-0.15, -0.1) is 0 Å². The van der Waals surface area contributed by atoms with Gasteiger partial charge in [-0.2, -0.15) is 0 Å². The molecular formula is C26H23FN2O2. The molecule has 5 heteroatoms. The number of nitrogens with one attached hydrogen (secondary N) is 1. The highest BCUT2D eigenvalue weighted by Crippen LogP contribution is 2.31. The third-order valence-electron chi connectivity index (χ3n) is 5.42. The van der Waals surface area contributed by atoms with E-state index in [0.29, 0.717) is 12.0 Å². The Balaban J connectivity index is 1.70. The summed E-state index contributed by atoms with van der Waals surface area (Å²) >= 11 is 0. The summed E-state index contributed by atoms with van der Waals surface area (Å²) in [6, 6.07) is 21.3. The molecule has 0 fully saturated rings. The van der Waals surface area contributed by atoms with Crippen LogP contribution in [-0.2, 0) is 16.0 Å². The second-order valence-electron chi connectivity index (χ2n) is 7.70. The molecule has 0 radical (unpaired) electrons. The first-order valence-corrected chi connectivity index (χ1v) is 10.2. The Hall–Kier alpha value is -3.73. The quantitative estimate of drug-likeness (QED) is 0.585. The number of carbonyl (C=O) groups excluding carboxylic acids is 2. The third kappa shape index (κ3) is 4.26. The monoisotopic (exact) mass is 414 g/mol. The van der Waals surface area contributed by atoms with E-state index in [9.17, 15) is 14.0 Å². The number of hydrogen-bond donors (Lipinski definition) is 1. The van der Waals surface area contributed by atoms with Crippen LogP contribution in [0, 0.1) is 19.7 Å². The summed E-state index contributed by atoms with van der Waals surface area (Å²) in [5.74, 6) is -1.15. The normalized spacial score (nSPS) is 13.8. The Kier molecular flexibility index (Phi) is 5.67. The lowest BCUT2D eigenvalue weighted by atomic mass is 10.0. The van der Waals surface area contributed by atoms with Gasteiger partial charge >= 0.3 is 0 Å². The van der Waals surface area contributed by atoms with Crippen molar-refractivity contribution in [1.82, 2.24) is 4.90 Å². The van der Waals surface area contributed by atoms with Crippen molar-refractivity contribution in [3.63, 3.8) is 0 Å². The van der Waals surface area contributed by atoms with E-state index in [4.69, 9.17) is 0 Å². The fraction of sp³-hybridized carbons (Fsp3) is 0.154. The Morgan fingerprint density at radius 2 is 1.58 bits per heavy atom. The highest BCUT2D eigenvalue weighted by atomic mass is 19.1. The maximum atomic E-state index is 13.5. The van der Waals surface area contributed by atoms with Gasteiger partial charge in [0.15, 0.2) is 0 Å². The van der Waals surface area contributed by atoms with E-state index in [-0.39, 0.29) is 29.6 Å². The van der Waals surface area contributed by atoms with Gasteiger partial charge in [0, 0.05) is 12.2 Å². The fourth-order valence-electron chi connectivity index (χ4n) is 3.67. The summed E-state index contributed by atoms with van der Waals surface area (Å²) < 4.78 is 13.5. The van der Waals surface area contributed by atoms with Crippen LogP contribution in [0.4, 0.5) is 10.1 Å². The summed E-state index contributed by atoms with van der Waals surface area (Å²) in [5, 5.41) is 3.20. The van der Waals surface area contributed by atoms with Crippen molar-refractivity contribution >= 4 is 23.1 Å². The molecule has 1 aliphatic rings. The molecule has 156 valence electrons. The Morgan fingerprint density at radius 1 is 0.871 bits per heavy atom. The van der Waals surface area contributed by atoms with E-state index < -0.39 is 5.82 Å². The average molecular weight is 414 g/mol. The van der Waals surface area contributed by atoms with Crippen molar-refractivity contribution < 1.29 is 14.0 Å². The van der Waals surface area contributed by atoms with Crippen LogP contribution in [-0.4, -0.2) is 23.3 Å². The minimum absolute atomic E-state index is 0.221. The predicted octanol–water partition coefficient (Wildman–Crippen LogP) is 4.88. The molecule has 0 saturated heterocycles. The SMILES string of the molecule is Cc1ccc(C)c(NC2=C(c3ccc(F)cc3)C(=O)N(CCc3ccccc3)C2=O)c1. The highest BCUT2D eigenvalue weighted by molar-refractivity contribution is 6.36. The van der Waals surface area contributed by atoms with Crippen molar-refractivity contribution in [2.24, 2.45) is 0 Å². The van der Waals surface area contributed by atoms with Crippen molar-refractivity contribution in [2.45, 2.75) is 20.3 Å². The number of anilines is 1. The van der Waals surface area contributed by atoms with Gasteiger partial charge in [-0.1, -0.05) is 54.6 Å². The van der Waals surface area contributed by atoms with E-state index in [0.717, 1.165) is 22.4 Å². The number of nitrogens with zero attached hydrogens (tertiary/aromatic N) is 1. The van der Waals surface area contributed by atoms with Crippen molar-refractivity contribution in [3.05, 3.63) is 107 Å². The van der Waals surface area contributed by atoms with Crippen molar-refractivity contribution in [2.75, 3.05) is 11.9 Å². The molecule has 31 heavy (non-hydrogen) atoms. The highest BCUT2D eigenvalue weighted by Gasteiger charge is 2.39. The van der Waals surface area contributed by atoms with Gasteiger partial charge in [0.2, 0.25) is 0 Å². The van der Waals surface area contributed by atoms with Crippen molar-refractivity contribution in [1.29, 1.82) is 0 Å². The van der Waals surface area contributed by atoms with E-state index in [1.54, 1.807) is 0 Å². The van der Waals surface area contributed by atoms with Gasteiger partial charge in [-0.25, -0.2) is 4.39 Å². The van der Waals surface area contributed by atoms with Gasteiger partial charge in [0.25, 0.3) is 11.8 Å². The second-order valence-corrected chi connectivity index (χ2v) is 7.70. The fourth-order valence-corrected chi connectivity index (χ4v) is 3.67. The predicted molar refractivity (Wildman–Crippen MR) is 120 cm³/mol. The molecule has 4 rings (SSSR count). The van der Waals surface area contributed by atoms with Gasteiger partial charge < -0.3 is 5.32 Å². The number of benzene rings is 3. The molecule has 0 unspecified atom stereocenters. The molecule has 0 spiro atoms. The number of amides is 2. The van der Waals surface area contributed by atoms with E-state index in [1.807, 2.05) is 62.4 Å². The van der Waals surface area contributed by atoms with Crippen LogP contribution in [0.5, 0.6) is 0 Å². The van der Waals surface area contributed by atoms with Crippen LogP contribution in [0.2, 0.25) is 0 Å². The number of carbonyl (C=O) groups is 2. The van der Waals surface area contributed by atoms with Crippen LogP contribution >= 0.6 is 0 Å². The van der Waals surface area contributed by atoms with Crippen LogP contribution in [0.3, 0.4) is 0 Å². The van der Waals surface area contributed by atoms with Gasteiger partial charge in [-0.3, -0.25) is 14.5 Å². The molecule has 0 atom stereocenters. The van der Waals surface area contributed by atoms with E-state index >= 15 is 0 Å². The summed E-state index contributed by atoms with van der Waals surface area (Å²) in [5.41, 5.74) is 4.80. The molecular weight excluding hydrogens is 391 g/mol. The summed E-state index contributed by atoms with van der Waals surface area (Å²) in [6.45, 7) is 4.17. The molecule has 3 aromatic rings. The first-order valence-electron chi connectivity index (χ1n) is 10.2. The molecule has 1 heterocycles. The third-order valence-corrected chi connectivity index (χ3v) is 5.42. The van der Waals surface area contributed by atoms with Crippen molar-refractivity contribution in [3.8, 4) is 0 Å². The Labute approximate surface area is 181 Å². The molecule has 0 bridgehead atoms. The maximum absolute atomic E-state index is 13.5. The molecule has 1 N–H and O–H groups in total. The van der Waals surface area contributed by atoms with Gasteiger partial charge in [0.1, 0.15) is 11.5 Å². The van der Waals surface area contributed by atoms with Crippen LogP contribution < -0.4 is 5.32 Å². The molecule has 0 aliphatic carbocycles. The zero-order valence-corrected chi connectivity index (χ0v) is 17.5. The number of aryl methyl sites for hydroxylation is 2. The molecule has 1 aliphatic heterocycles. The molecule has 0 aromatic heterocycles. The largest absolute Gasteiger partial charge is 0.350 e. The number of hydrogen-bond acceptors (Lipinski definition) is 3. The van der Waals surface area contributed by atoms with Crippen LogP contribution in [0.1, 0.15) is 22.3 Å². The van der Waals surface area contributed by atoms with E-state index in [1.165, 1.54) is 29.2 Å². The summed E-state index contributed by atoms with van der Waals surface area (Å²) in [4.78, 5) is 27.9. The Morgan fingerprint density at radius 3 is 2.29 bits per heavy atom. The van der Waals surface area contributed by atoms with E-state index in [2.05, 4.69) is 5.32 Å². The lowest BCUT2D eigenvalue weighted by molar-refractivity contribution is -0.136. The van der Waals surface area contributed by atoms with Gasteiger partial charge in [0.05, 0.1) is 5.57 Å². The smallest absolute Gasteiger partial charge is 0.278 e. The lowest BCUT2D eigenvalue weighted by Gasteiger charge is -2.16. The molecule has 0 saturated carbocycles. The first-order chi connectivity index (χ1) is 14.9. The number of rotatable bonds is 6. The standard InChI is InChI=1S/C26H23FN2O2/c1-17-8-9-18(2)22(16-17)28-24-23(20-10-12-21(27)13-11-20)25(30)29(26(24)31)15-14-19-6-4-3-5-7-19/h3-13,16,28H,14-15H2,1-2H3. The first kappa shape index (κ1) is 20.5. The minimum atomic E-state index is -0.397. The Bertz CT molecular complexity index is 1170. The topological polar surface area (TPSA) is 49.4 Å². The minimum Gasteiger partial charge on any atom is -0.350 e. The number of halogens is 1. The number of imide groups is 1. The average Bonchev–Trinajstić information content (AvgIpc) is 3.00. The molecule has 4 nitrogen and oxygen atoms in total. The zero-order chi connectivity index (χ0) is 22.0. The molecule has 2 amide bonds. The van der Waals surface area contributed by atoms with Gasteiger partial charge in [-0.05, 0) is 60.7 Å². The van der Waals surface area contributed by atoms with Crippen LogP contribution in [0.25, 0.3) is 5.57 Å².